The van der Waals surface area contributed by atoms with E-state index < -0.39 is 0 Å². The molecule has 0 fully saturated rings. The fraction of sp³-hybridized carbons (Fsp3) is 0.111. The Kier molecular flexibility index (Phi) is 4.93. The number of hydrogen-bond donors (Lipinski definition) is 3. The summed E-state index contributed by atoms with van der Waals surface area (Å²) in [7, 11) is 0. The summed E-state index contributed by atoms with van der Waals surface area (Å²) in [6, 6.07) is 12.2. The molecular formula is C18H17N5O3. The van der Waals surface area contributed by atoms with Crippen molar-refractivity contribution < 1.29 is 14.1 Å². The highest BCUT2D eigenvalue weighted by Crippen LogP contribution is 2.20. The SMILES string of the molecule is CC(=O)Nc1cccc(Nc2ccc(C(=O)Nc3cc(C)on3)nc2)c1. The monoisotopic (exact) mass is 351 g/mol. The highest BCUT2D eigenvalue weighted by Gasteiger charge is 2.10. The number of benzene rings is 1. The van der Waals surface area contributed by atoms with E-state index in [1.54, 1.807) is 43.5 Å². The van der Waals surface area contributed by atoms with Crippen LogP contribution in [0.4, 0.5) is 22.9 Å². The molecule has 1 aromatic carbocycles. The predicted octanol–water partition coefficient (Wildman–Crippen LogP) is 3.33. The van der Waals surface area contributed by atoms with Crippen molar-refractivity contribution >= 4 is 34.7 Å². The van der Waals surface area contributed by atoms with Crippen LogP contribution in [0.1, 0.15) is 23.2 Å². The molecule has 3 rings (SSSR count). The van der Waals surface area contributed by atoms with Gasteiger partial charge in [0.25, 0.3) is 5.91 Å². The van der Waals surface area contributed by atoms with Crippen molar-refractivity contribution in [1.82, 2.24) is 10.1 Å². The molecule has 3 aromatic rings. The number of carbonyl (C=O) groups excluding carboxylic acids is 2. The number of aromatic nitrogens is 2. The third-order valence-corrected chi connectivity index (χ3v) is 3.34. The Labute approximate surface area is 149 Å². The van der Waals surface area contributed by atoms with Gasteiger partial charge < -0.3 is 20.5 Å². The standard InChI is InChI=1S/C18H17N5O3/c1-11-8-17(23-26-11)22-18(25)16-7-6-15(10-19-16)21-14-5-3-4-13(9-14)20-12(2)24/h3-10,21H,1-2H3,(H,20,24)(H,22,23,25). The Morgan fingerprint density at radius 2 is 1.81 bits per heavy atom. The number of aryl methyl sites for hydroxylation is 1. The van der Waals surface area contributed by atoms with Crippen LogP contribution >= 0.6 is 0 Å². The number of anilines is 4. The van der Waals surface area contributed by atoms with Gasteiger partial charge in [-0.25, -0.2) is 4.98 Å². The van der Waals surface area contributed by atoms with Gasteiger partial charge in [0.2, 0.25) is 5.91 Å². The molecule has 0 saturated carbocycles. The third-order valence-electron chi connectivity index (χ3n) is 3.34. The van der Waals surface area contributed by atoms with Gasteiger partial charge in [0, 0.05) is 24.4 Å². The zero-order valence-corrected chi connectivity index (χ0v) is 14.2. The zero-order chi connectivity index (χ0) is 18.5. The summed E-state index contributed by atoms with van der Waals surface area (Å²) >= 11 is 0. The third kappa shape index (κ3) is 4.44. The van der Waals surface area contributed by atoms with Crippen molar-refractivity contribution in [2.45, 2.75) is 13.8 Å². The van der Waals surface area contributed by atoms with Crippen LogP contribution in [0.15, 0.2) is 53.2 Å². The molecule has 26 heavy (non-hydrogen) atoms. The molecule has 132 valence electrons. The Morgan fingerprint density at radius 3 is 2.46 bits per heavy atom. The van der Waals surface area contributed by atoms with Crippen molar-refractivity contribution in [3.8, 4) is 0 Å². The lowest BCUT2D eigenvalue weighted by atomic mass is 10.2. The van der Waals surface area contributed by atoms with E-state index in [1.807, 2.05) is 12.1 Å². The van der Waals surface area contributed by atoms with Crippen LogP contribution in [0.5, 0.6) is 0 Å². The van der Waals surface area contributed by atoms with E-state index in [2.05, 4.69) is 26.1 Å². The van der Waals surface area contributed by atoms with Gasteiger partial charge in [0.1, 0.15) is 11.5 Å². The maximum absolute atomic E-state index is 12.1. The van der Waals surface area contributed by atoms with E-state index in [0.717, 1.165) is 5.69 Å². The molecule has 0 aliphatic rings. The lowest BCUT2D eigenvalue weighted by molar-refractivity contribution is -0.114. The molecule has 2 aromatic heterocycles. The largest absolute Gasteiger partial charge is 0.360 e. The molecule has 0 saturated heterocycles. The zero-order valence-electron chi connectivity index (χ0n) is 14.2. The van der Waals surface area contributed by atoms with Crippen LogP contribution in [-0.2, 0) is 4.79 Å². The average Bonchev–Trinajstić information content (AvgIpc) is 3.00. The first-order valence-corrected chi connectivity index (χ1v) is 7.85. The van der Waals surface area contributed by atoms with Gasteiger partial charge in [-0.15, -0.1) is 0 Å². The number of amides is 2. The van der Waals surface area contributed by atoms with E-state index >= 15 is 0 Å². The van der Waals surface area contributed by atoms with E-state index in [4.69, 9.17) is 4.52 Å². The minimum Gasteiger partial charge on any atom is -0.360 e. The van der Waals surface area contributed by atoms with Crippen molar-refractivity contribution in [3.05, 3.63) is 60.1 Å². The normalized spacial score (nSPS) is 10.2. The summed E-state index contributed by atoms with van der Waals surface area (Å²) in [6.07, 6.45) is 1.55. The fourth-order valence-corrected chi connectivity index (χ4v) is 2.25. The quantitative estimate of drug-likeness (QED) is 0.650. The lowest BCUT2D eigenvalue weighted by Gasteiger charge is -2.09. The first kappa shape index (κ1) is 17.2. The van der Waals surface area contributed by atoms with Crippen molar-refractivity contribution in [2.24, 2.45) is 0 Å². The molecule has 2 heterocycles. The van der Waals surface area contributed by atoms with E-state index in [1.165, 1.54) is 6.92 Å². The van der Waals surface area contributed by atoms with Crippen LogP contribution in [0.3, 0.4) is 0 Å². The number of rotatable bonds is 5. The maximum atomic E-state index is 12.1. The molecule has 0 aliphatic heterocycles. The first-order chi connectivity index (χ1) is 12.5. The van der Waals surface area contributed by atoms with E-state index in [-0.39, 0.29) is 17.5 Å². The highest BCUT2D eigenvalue weighted by atomic mass is 16.5. The average molecular weight is 351 g/mol. The lowest BCUT2D eigenvalue weighted by Crippen LogP contribution is -2.13. The summed E-state index contributed by atoms with van der Waals surface area (Å²) in [4.78, 5) is 27.4. The molecule has 0 unspecified atom stereocenters. The molecule has 8 nitrogen and oxygen atoms in total. The summed E-state index contributed by atoms with van der Waals surface area (Å²) in [6.45, 7) is 3.19. The van der Waals surface area contributed by atoms with Gasteiger partial charge >= 0.3 is 0 Å². The highest BCUT2D eigenvalue weighted by molar-refractivity contribution is 6.02. The minimum absolute atomic E-state index is 0.138. The van der Waals surface area contributed by atoms with Crippen LogP contribution in [0, 0.1) is 6.92 Å². The number of pyridine rings is 1. The second-order valence-electron chi connectivity index (χ2n) is 5.60. The number of nitrogens with zero attached hydrogens (tertiary/aromatic N) is 2. The van der Waals surface area contributed by atoms with Gasteiger partial charge in [0.15, 0.2) is 5.82 Å². The second-order valence-corrected chi connectivity index (χ2v) is 5.60. The molecule has 3 N–H and O–H groups in total. The topological polar surface area (TPSA) is 109 Å². The second kappa shape index (κ2) is 7.47. The summed E-state index contributed by atoms with van der Waals surface area (Å²) in [5, 5.41) is 12.2. The Hall–Kier alpha value is -3.68. The molecule has 8 heteroatoms. The van der Waals surface area contributed by atoms with Gasteiger partial charge in [-0.3, -0.25) is 9.59 Å². The summed E-state index contributed by atoms with van der Waals surface area (Å²) in [5.41, 5.74) is 2.43. The van der Waals surface area contributed by atoms with Crippen LogP contribution in [0.2, 0.25) is 0 Å². The Balaban J connectivity index is 1.66. The van der Waals surface area contributed by atoms with E-state index in [9.17, 15) is 9.59 Å². The van der Waals surface area contributed by atoms with E-state index in [0.29, 0.717) is 23.0 Å². The van der Waals surface area contributed by atoms with Gasteiger partial charge in [0.05, 0.1) is 11.9 Å². The molecule has 2 amide bonds. The van der Waals surface area contributed by atoms with Gasteiger partial charge in [-0.2, -0.15) is 0 Å². The maximum Gasteiger partial charge on any atom is 0.275 e. The molecule has 0 bridgehead atoms. The smallest absolute Gasteiger partial charge is 0.275 e. The van der Waals surface area contributed by atoms with Gasteiger partial charge in [-0.05, 0) is 37.3 Å². The summed E-state index contributed by atoms with van der Waals surface area (Å²) < 4.78 is 4.90. The Bertz CT molecular complexity index is 934. The number of carbonyl (C=O) groups is 2. The van der Waals surface area contributed by atoms with Crippen LogP contribution < -0.4 is 16.0 Å². The molecular weight excluding hydrogens is 334 g/mol. The Morgan fingerprint density at radius 1 is 1.00 bits per heavy atom. The predicted molar refractivity (Wildman–Crippen MR) is 97.5 cm³/mol. The van der Waals surface area contributed by atoms with Gasteiger partial charge in [-0.1, -0.05) is 11.2 Å². The summed E-state index contributed by atoms with van der Waals surface area (Å²) in [5.74, 6) is 0.430. The van der Waals surface area contributed by atoms with Crippen molar-refractivity contribution in [2.75, 3.05) is 16.0 Å². The minimum atomic E-state index is -0.377. The van der Waals surface area contributed by atoms with Crippen LogP contribution in [0.25, 0.3) is 0 Å². The van der Waals surface area contributed by atoms with Crippen molar-refractivity contribution in [1.29, 1.82) is 0 Å². The molecule has 0 radical (unpaired) electrons. The number of nitrogens with one attached hydrogen (secondary N) is 3. The molecule has 0 spiro atoms. The molecule has 0 atom stereocenters. The first-order valence-electron chi connectivity index (χ1n) is 7.85. The number of hydrogen-bond acceptors (Lipinski definition) is 6. The van der Waals surface area contributed by atoms with Crippen LogP contribution in [-0.4, -0.2) is 22.0 Å². The van der Waals surface area contributed by atoms with Crippen molar-refractivity contribution in [3.63, 3.8) is 0 Å². The fourth-order valence-electron chi connectivity index (χ4n) is 2.25. The molecule has 0 aliphatic carbocycles.